The van der Waals surface area contributed by atoms with Gasteiger partial charge in [0, 0.05) is 50.8 Å². The number of carbonyl (C=O) groups excluding carboxylic acids is 1. The first-order valence-corrected chi connectivity index (χ1v) is 9.56. The molecule has 4 rings (SSSR count). The van der Waals surface area contributed by atoms with Crippen molar-refractivity contribution in [3.63, 3.8) is 0 Å². The number of hydrogen-bond acceptors (Lipinski definition) is 6. The van der Waals surface area contributed by atoms with E-state index >= 15 is 0 Å². The van der Waals surface area contributed by atoms with E-state index in [4.69, 9.17) is 0 Å². The van der Waals surface area contributed by atoms with E-state index in [-0.39, 0.29) is 22.4 Å². The van der Waals surface area contributed by atoms with E-state index in [1.165, 1.54) is 6.07 Å². The van der Waals surface area contributed by atoms with Crippen molar-refractivity contribution in [3.8, 4) is 0 Å². The van der Waals surface area contributed by atoms with Crippen LogP contribution in [-0.4, -0.2) is 46.9 Å². The number of pyridine rings is 1. The highest BCUT2D eigenvalue weighted by atomic mass is 16.6. The fraction of sp³-hybridized carbons (Fsp3) is 0.400. The van der Waals surface area contributed by atoms with E-state index in [0.29, 0.717) is 6.54 Å². The largest absolute Gasteiger partial charge is 0.354 e. The lowest BCUT2D eigenvalue weighted by Gasteiger charge is -2.35. The molecule has 1 saturated carbocycles. The van der Waals surface area contributed by atoms with Crippen molar-refractivity contribution in [2.24, 2.45) is 5.92 Å². The molecule has 0 atom stereocenters. The summed E-state index contributed by atoms with van der Waals surface area (Å²) >= 11 is 0. The van der Waals surface area contributed by atoms with E-state index in [2.05, 4.69) is 20.1 Å². The van der Waals surface area contributed by atoms with Crippen LogP contribution in [0.1, 0.15) is 18.4 Å². The summed E-state index contributed by atoms with van der Waals surface area (Å²) in [5.41, 5.74) is 1.83. The molecule has 0 spiro atoms. The van der Waals surface area contributed by atoms with Crippen molar-refractivity contribution in [2.45, 2.75) is 19.4 Å². The average molecular weight is 381 g/mol. The van der Waals surface area contributed by atoms with Gasteiger partial charge in [0.1, 0.15) is 5.82 Å². The van der Waals surface area contributed by atoms with E-state index < -0.39 is 0 Å². The second kappa shape index (κ2) is 7.93. The van der Waals surface area contributed by atoms with Gasteiger partial charge in [0.2, 0.25) is 5.91 Å². The molecule has 0 radical (unpaired) electrons. The van der Waals surface area contributed by atoms with Crippen LogP contribution < -0.4 is 10.2 Å². The highest BCUT2D eigenvalue weighted by Crippen LogP contribution is 2.30. The van der Waals surface area contributed by atoms with Gasteiger partial charge in [0.05, 0.1) is 16.8 Å². The molecule has 1 N–H and O–H groups in total. The van der Waals surface area contributed by atoms with Gasteiger partial charge in [-0.25, -0.2) is 4.98 Å². The third-order valence-electron chi connectivity index (χ3n) is 5.19. The number of nitro groups is 1. The number of nitrogens with one attached hydrogen (secondary N) is 1. The topological polar surface area (TPSA) is 91.6 Å². The number of anilines is 2. The summed E-state index contributed by atoms with van der Waals surface area (Å²) in [5.74, 6) is 1.17. The zero-order chi connectivity index (χ0) is 19.5. The minimum atomic E-state index is -0.357. The molecular formula is C20H23N5O3. The Morgan fingerprint density at radius 3 is 2.61 bits per heavy atom. The van der Waals surface area contributed by atoms with Crippen LogP contribution in [-0.2, 0) is 11.3 Å². The van der Waals surface area contributed by atoms with Gasteiger partial charge < -0.3 is 10.2 Å². The van der Waals surface area contributed by atoms with Crippen molar-refractivity contribution in [1.29, 1.82) is 0 Å². The molecule has 2 aromatic rings. The van der Waals surface area contributed by atoms with Gasteiger partial charge in [0.25, 0.3) is 5.69 Å². The van der Waals surface area contributed by atoms with Crippen LogP contribution in [0.5, 0.6) is 0 Å². The minimum Gasteiger partial charge on any atom is -0.354 e. The fourth-order valence-electron chi connectivity index (χ4n) is 3.40. The van der Waals surface area contributed by atoms with Gasteiger partial charge in [-0.15, -0.1) is 0 Å². The van der Waals surface area contributed by atoms with Gasteiger partial charge in [-0.3, -0.25) is 19.8 Å². The first kappa shape index (κ1) is 18.4. The molecule has 1 amide bonds. The molecule has 0 bridgehead atoms. The highest BCUT2D eigenvalue weighted by Gasteiger charge is 2.29. The number of aromatic nitrogens is 1. The number of piperazine rings is 1. The molecule has 1 saturated heterocycles. The van der Waals surface area contributed by atoms with Crippen molar-refractivity contribution in [2.75, 3.05) is 36.4 Å². The Balaban J connectivity index is 1.29. The van der Waals surface area contributed by atoms with Gasteiger partial charge in [0.15, 0.2) is 0 Å². The smallest absolute Gasteiger partial charge is 0.269 e. The van der Waals surface area contributed by atoms with E-state index in [1.54, 1.807) is 18.3 Å². The van der Waals surface area contributed by atoms with E-state index in [0.717, 1.165) is 56.1 Å². The average Bonchev–Trinajstić information content (AvgIpc) is 3.55. The summed E-state index contributed by atoms with van der Waals surface area (Å²) in [6.07, 6.45) is 3.68. The highest BCUT2D eigenvalue weighted by molar-refractivity contribution is 5.93. The molecule has 8 heteroatoms. The van der Waals surface area contributed by atoms with Crippen LogP contribution in [0.25, 0.3) is 0 Å². The first-order valence-electron chi connectivity index (χ1n) is 9.56. The zero-order valence-electron chi connectivity index (χ0n) is 15.6. The van der Waals surface area contributed by atoms with Gasteiger partial charge >= 0.3 is 0 Å². The van der Waals surface area contributed by atoms with Gasteiger partial charge in [-0.05, 0) is 30.5 Å². The number of nitrogens with zero attached hydrogens (tertiary/aromatic N) is 4. The number of non-ortho nitro benzene ring substituents is 1. The van der Waals surface area contributed by atoms with Crippen molar-refractivity contribution in [1.82, 2.24) is 9.88 Å². The molecule has 1 aliphatic carbocycles. The Labute approximate surface area is 163 Å². The molecule has 146 valence electrons. The van der Waals surface area contributed by atoms with Crippen LogP contribution in [0.2, 0.25) is 0 Å². The number of carbonyl (C=O) groups is 1. The molecule has 0 unspecified atom stereocenters. The van der Waals surface area contributed by atoms with Crippen molar-refractivity contribution in [3.05, 3.63) is 58.3 Å². The first-order chi connectivity index (χ1) is 13.6. The molecule has 1 aliphatic heterocycles. The van der Waals surface area contributed by atoms with Crippen LogP contribution in [0.4, 0.5) is 17.2 Å². The Bertz CT molecular complexity index is 858. The summed E-state index contributed by atoms with van der Waals surface area (Å²) in [4.78, 5) is 31.4. The monoisotopic (exact) mass is 381 g/mol. The quantitative estimate of drug-likeness (QED) is 0.611. The molecule has 2 heterocycles. The Kier molecular flexibility index (Phi) is 5.21. The Hall–Kier alpha value is -3.00. The lowest BCUT2D eigenvalue weighted by atomic mass is 10.1. The van der Waals surface area contributed by atoms with Crippen LogP contribution in [0.3, 0.4) is 0 Å². The summed E-state index contributed by atoms with van der Waals surface area (Å²) in [6, 6.07) is 10.7. The van der Waals surface area contributed by atoms with Gasteiger partial charge in [-0.2, -0.15) is 0 Å². The fourth-order valence-corrected chi connectivity index (χ4v) is 3.40. The van der Waals surface area contributed by atoms with Crippen LogP contribution >= 0.6 is 0 Å². The number of rotatable bonds is 6. The SMILES string of the molecule is O=C(Nc1ccc(N2CCN(Cc3cccc([N+](=O)[O-])c3)CC2)nc1)C1CC1. The zero-order valence-corrected chi connectivity index (χ0v) is 15.6. The number of nitro benzene ring substituents is 1. The number of amides is 1. The summed E-state index contributed by atoms with van der Waals surface area (Å²) in [7, 11) is 0. The third kappa shape index (κ3) is 4.45. The number of benzene rings is 1. The molecule has 8 nitrogen and oxygen atoms in total. The predicted octanol–water partition coefficient (Wildman–Crippen LogP) is 2.66. The second-order valence-electron chi connectivity index (χ2n) is 7.36. The van der Waals surface area contributed by atoms with E-state index in [9.17, 15) is 14.9 Å². The predicted molar refractivity (Wildman–Crippen MR) is 106 cm³/mol. The molecule has 2 fully saturated rings. The van der Waals surface area contributed by atoms with E-state index in [1.807, 2.05) is 18.2 Å². The van der Waals surface area contributed by atoms with Crippen molar-refractivity contribution < 1.29 is 9.72 Å². The molecule has 28 heavy (non-hydrogen) atoms. The maximum atomic E-state index is 11.8. The Morgan fingerprint density at radius 2 is 1.96 bits per heavy atom. The van der Waals surface area contributed by atoms with Crippen LogP contribution in [0, 0.1) is 16.0 Å². The maximum absolute atomic E-state index is 11.8. The van der Waals surface area contributed by atoms with Crippen LogP contribution in [0.15, 0.2) is 42.6 Å². The summed E-state index contributed by atoms with van der Waals surface area (Å²) in [5, 5.41) is 13.8. The number of hydrogen-bond donors (Lipinski definition) is 1. The third-order valence-corrected chi connectivity index (χ3v) is 5.19. The lowest BCUT2D eigenvalue weighted by molar-refractivity contribution is -0.384. The standard InChI is InChI=1S/C20H23N5O3/c26-20(16-4-5-16)22-17-6-7-19(21-13-17)24-10-8-23(9-11-24)14-15-2-1-3-18(12-15)25(27)28/h1-3,6-7,12-13,16H,4-5,8-11,14H2,(H,22,26). The molecular weight excluding hydrogens is 358 g/mol. The molecule has 2 aliphatic rings. The lowest BCUT2D eigenvalue weighted by Crippen LogP contribution is -2.46. The summed E-state index contributed by atoms with van der Waals surface area (Å²) < 4.78 is 0. The Morgan fingerprint density at radius 1 is 1.18 bits per heavy atom. The maximum Gasteiger partial charge on any atom is 0.269 e. The molecule has 1 aromatic heterocycles. The van der Waals surface area contributed by atoms with Gasteiger partial charge in [-0.1, -0.05) is 12.1 Å². The molecule has 1 aromatic carbocycles. The minimum absolute atomic E-state index is 0.0873. The summed E-state index contributed by atoms with van der Waals surface area (Å²) in [6.45, 7) is 4.12. The normalized spacial score (nSPS) is 17.4. The second-order valence-corrected chi connectivity index (χ2v) is 7.36. The van der Waals surface area contributed by atoms with Crippen molar-refractivity contribution >= 4 is 23.1 Å².